The molecule has 0 aliphatic carbocycles. The summed E-state index contributed by atoms with van der Waals surface area (Å²) >= 11 is 0. The van der Waals surface area contributed by atoms with Crippen LogP contribution in [0.25, 0.3) is 10.4 Å². The molecule has 96 valence electrons. The first-order chi connectivity index (χ1) is 8.77. The first kappa shape index (κ1) is 14.1. The lowest BCUT2D eigenvalue weighted by atomic mass is 10.1. The van der Waals surface area contributed by atoms with E-state index in [2.05, 4.69) is 10.0 Å². The van der Waals surface area contributed by atoms with Crippen LogP contribution in [0.15, 0.2) is 29.4 Å². The molecule has 1 aromatic rings. The average Bonchev–Trinajstić information content (AvgIpc) is 2.39. The largest absolute Gasteiger partial charge is 0.462 e. The Labute approximate surface area is 106 Å². The van der Waals surface area contributed by atoms with Gasteiger partial charge in [0.15, 0.2) is 0 Å². The van der Waals surface area contributed by atoms with Crippen LogP contribution in [0.1, 0.15) is 35.7 Å². The normalized spacial score (nSPS) is 9.61. The van der Waals surface area contributed by atoms with E-state index in [1.165, 1.54) is 5.56 Å². The standard InChI is InChI=1S/C13H17N3O2/c1-2-18-13(17)12-8-6-11(7-9-12)5-3-4-10-15-16-14/h6-9H,2-5,10H2,1H3. The fourth-order valence-electron chi connectivity index (χ4n) is 1.58. The van der Waals surface area contributed by atoms with E-state index < -0.39 is 0 Å². The molecule has 0 unspecified atom stereocenters. The summed E-state index contributed by atoms with van der Waals surface area (Å²) in [6, 6.07) is 7.42. The third kappa shape index (κ3) is 4.89. The van der Waals surface area contributed by atoms with Gasteiger partial charge in [-0.3, -0.25) is 0 Å². The van der Waals surface area contributed by atoms with Crippen molar-refractivity contribution in [2.45, 2.75) is 26.2 Å². The molecular formula is C13H17N3O2. The Bertz CT molecular complexity index is 422. The van der Waals surface area contributed by atoms with Gasteiger partial charge in [0.2, 0.25) is 0 Å². The number of unbranched alkanes of at least 4 members (excludes halogenated alkanes) is 1. The van der Waals surface area contributed by atoms with Gasteiger partial charge in [-0.2, -0.15) is 0 Å². The van der Waals surface area contributed by atoms with E-state index >= 15 is 0 Å². The lowest BCUT2D eigenvalue weighted by Crippen LogP contribution is -2.04. The quantitative estimate of drug-likeness (QED) is 0.243. The van der Waals surface area contributed by atoms with E-state index in [1.807, 2.05) is 12.1 Å². The van der Waals surface area contributed by atoms with Gasteiger partial charge in [0, 0.05) is 11.5 Å². The Morgan fingerprint density at radius 2 is 2.06 bits per heavy atom. The summed E-state index contributed by atoms with van der Waals surface area (Å²) < 4.78 is 4.91. The van der Waals surface area contributed by atoms with Crippen LogP contribution in [0, 0.1) is 0 Å². The number of azide groups is 1. The number of rotatable bonds is 7. The van der Waals surface area contributed by atoms with E-state index in [0.717, 1.165) is 19.3 Å². The predicted octanol–water partition coefficient (Wildman–Crippen LogP) is 3.50. The van der Waals surface area contributed by atoms with Gasteiger partial charge in [0.25, 0.3) is 0 Å². The Balaban J connectivity index is 2.40. The van der Waals surface area contributed by atoms with Crippen molar-refractivity contribution in [1.29, 1.82) is 0 Å². The van der Waals surface area contributed by atoms with Crippen molar-refractivity contribution < 1.29 is 9.53 Å². The van der Waals surface area contributed by atoms with Crippen molar-refractivity contribution in [1.82, 2.24) is 0 Å². The minimum absolute atomic E-state index is 0.285. The molecule has 5 heteroatoms. The number of hydrogen-bond donors (Lipinski definition) is 0. The molecule has 0 aromatic heterocycles. The van der Waals surface area contributed by atoms with Gasteiger partial charge in [-0.15, -0.1) is 0 Å². The molecule has 0 bridgehead atoms. The number of ether oxygens (including phenoxy) is 1. The minimum Gasteiger partial charge on any atom is -0.462 e. The topological polar surface area (TPSA) is 75.1 Å². The highest BCUT2D eigenvalue weighted by molar-refractivity contribution is 5.89. The summed E-state index contributed by atoms with van der Waals surface area (Å²) in [4.78, 5) is 14.1. The fourth-order valence-corrected chi connectivity index (χ4v) is 1.58. The van der Waals surface area contributed by atoms with Crippen LogP contribution in [0.3, 0.4) is 0 Å². The number of aryl methyl sites for hydroxylation is 1. The Morgan fingerprint density at radius 3 is 2.67 bits per heavy atom. The summed E-state index contributed by atoms with van der Waals surface area (Å²) in [7, 11) is 0. The molecule has 0 aliphatic rings. The lowest BCUT2D eigenvalue weighted by Gasteiger charge is -2.03. The van der Waals surface area contributed by atoms with Crippen LogP contribution in [-0.4, -0.2) is 19.1 Å². The van der Waals surface area contributed by atoms with Gasteiger partial charge in [-0.1, -0.05) is 17.2 Å². The van der Waals surface area contributed by atoms with E-state index in [-0.39, 0.29) is 5.97 Å². The predicted molar refractivity (Wildman–Crippen MR) is 69.3 cm³/mol. The summed E-state index contributed by atoms with van der Waals surface area (Å²) in [5.74, 6) is -0.285. The van der Waals surface area contributed by atoms with Crippen molar-refractivity contribution in [2.24, 2.45) is 5.11 Å². The number of nitrogens with zero attached hydrogens (tertiary/aromatic N) is 3. The molecule has 0 atom stereocenters. The van der Waals surface area contributed by atoms with Gasteiger partial charge in [0.1, 0.15) is 0 Å². The van der Waals surface area contributed by atoms with E-state index in [1.54, 1.807) is 19.1 Å². The average molecular weight is 247 g/mol. The molecule has 0 fully saturated rings. The summed E-state index contributed by atoms with van der Waals surface area (Å²) in [6.45, 7) is 2.72. The molecule has 0 radical (unpaired) electrons. The molecule has 0 N–H and O–H groups in total. The second-order valence-electron chi connectivity index (χ2n) is 3.83. The molecule has 0 spiro atoms. The van der Waals surface area contributed by atoms with Gasteiger partial charge < -0.3 is 4.74 Å². The van der Waals surface area contributed by atoms with Crippen molar-refractivity contribution >= 4 is 5.97 Å². The molecule has 0 saturated heterocycles. The zero-order valence-corrected chi connectivity index (χ0v) is 10.5. The smallest absolute Gasteiger partial charge is 0.338 e. The Hall–Kier alpha value is -2.00. The van der Waals surface area contributed by atoms with Crippen LogP contribution < -0.4 is 0 Å². The van der Waals surface area contributed by atoms with Gasteiger partial charge in [-0.05, 0) is 49.4 Å². The van der Waals surface area contributed by atoms with Crippen molar-refractivity contribution in [2.75, 3.05) is 13.2 Å². The number of carbonyl (C=O) groups excluding carboxylic acids is 1. The molecular weight excluding hydrogens is 230 g/mol. The van der Waals surface area contributed by atoms with Gasteiger partial charge in [-0.25, -0.2) is 4.79 Å². The molecule has 0 aliphatic heterocycles. The van der Waals surface area contributed by atoms with Gasteiger partial charge in [0.05, 0.1) is 12.2 Å². The van der Waals surface area contributed by atoms with Crippen LogP contribution in [0.4, 0.5) is 0 Å². The Morgan fingerprint density at radius 1 is 1.33 bits per heavy atom. The third-order valence-corrected chi connectivity index (χ3v) is 2.50. The maximum atomic E-state index is 11.4. The Kier molecular flexibility index (Phi) is 6.36. The number of benzene rings is 1. The van der Waals surface area contributed by atoms with Gasteiger partial charge >= 0.3 is 5.97 Å². The van der Waals surface area contributed by atoms with E-state index in [4.69, 9.17) is 10.3 Å². The number of hydrogen-bond acceptors (Lipinski definition) is 3. The third-order valence-electron chi connectivity index (χ3n) is 2.50. The zero-order valence-electron chi connectivity index (χ0n) is 10.5. The van der Waals surface area contributed by atoms with Crippen molar-refractivity contribution in [3.8, 4) is 0 Å². The maximum Gasteiger partial charge on any atom is 0.338 e. The second kappa shape index (κ2) is 8.14. The monoisotopic (exact) mass is 247 g/mol. The van der Waals surface area contributed by atoms with E-state index in [9.17, 15) is 4.79 Å². The van der Waals surface area contributed by atoms with Crippen molar-refractivity contribution in [3.63, 3.8) is 0 Å². The van der Waals surface area contributed by atoms with Crippen LogP contribution in [0.5, 0.6) is 0 Å². The van der Waals surface area contributed by atoms with Crippen molar-refractivity contribution in [3.05, 3.63) is 45.8 Å². The number of esters is 1. The van der Waals surface area contributed by atoms with E-state index in [0.29, 0.717) is 18.7 Å². The van der Waals surface area contributed by atoms with Crippen LogP contribution >= 0.6 is 0 Å². The second-order valence-corrected chi connectivity index (χ2v) is 3.83. The molecule has 0 heterocycles. The molecule has 1 aromatic carbocycles. The number of carbonyl (C=O) groups is 1. The summed E-state index contributed by atoms with van der Waals surface area (Å²) in [5, 5.41) is 3.48. The van der Waals surface area contributed by atoms with Crippen LogP contribution in [0.2, 0.25) is 0 Å². The molecule has 18 heavy (non-hydrogen) atoms. The fraction of sp³-hybridized carbons (Fsp3) is 0.462. The maximum absolute atomic E-state index is 11.4. The molecule has 0 saturated carbocycles. The molecule has 1 rings (SSSR count). The first-order valence-corrected chi connectivity index (χ1v) is 6.05. The molecule has 5 nitrogen and oxygen atoms in total. The highest BCUT2D eigenvalue weighted by Crippen LogP contribution is 2.09. The highest BCUT2D eigenvalue weighted by Gasteiger charge is 2.05. The van der Waals surface area contributed by atoms with Crippen LogP contribution in [-0.2, 0) is 11.2 Å². The highest BCUT2D eigenvalue weighted by atomic mass is 16.5. The SMILES string of the molecule is CCOC(=O)c1ccc(CCCCN=[N+]=[N-])cc1. The zero-order chi connectivity index (χ0) is 13.2. The summed E-state index contributed by atoms with van der Waals surface area (Å²) in [5.41, 5.74) is 9.87. The minimum atomic E-state index is -0.285. The first-order valence-electron chi connectivity index (χ1n) is 6.05. The summed E-state index contributed by atoms with van der Waals surface area (Å²) in [6.07, 6.45) is 2.77. The molecule has 0 amide bonds. The lowest BCUT2D eigenvalue weighted by molar-refractivity contribution is 0.0526.